The van der Waals surface area contributed by atoms with E-state index in [2.05, 4.69) is 50.2 Å². The first kappa shape index (κ1) is 13.2. The van der Waals surface area contributed by atoms with Crippen molar-refractivity contribution in [2.45, 2.75) is 44.9 Å². The van der Waals surface area contributed by atoms with Gasteiger partial charge in [0.25, 0.3) is 0 Å². The van der Waals surface area contributed by atoms with Crippen LogP contribution in [0.25, 0.3) is 11.1 Å². The van der Waals surface area contributed by atoms with Gasteiger partial charge in [-0.2, -0.15) is 0 Å². The molecule has 20 heavy (non-hydrogen) atoms. The minimum Gasteiger partial charge on any atom is -0.399 e. The lowest BCUT2D eigenvalue weighted by Crippen LogP contribution is -2.16. The third-order valence-electron chi connectivity index (χ3n) is 4.69. The largest absolute Gasteiger partial charge is 0.399 e. The number of nitrogen functional groups attached to an aromatic ring is 1. The molecule has 0 saturated carbocycles. The first-order chi connectivity index (χ1) is 9.72. The van der Waals surface area contributed by atoms with Gasteiger partial charge in [-0.25, -0.2) is 0 Å². The Labute approximate surface area is 121 Å². The topological polar surface area (TPSA) is 26.0 Å². The van der Waals surface area contributed by atoms with Gasteiger partial charge in [0.05, 0.1) is 0 Å². The summed E-state index contributed by atoms with van der Waals surface area (Å²) in [5, 5.41) is 0. The van der Waals surface area contributed by atoms with Gasteiger partial charge in [-0.15, -0.1) is 0 Å². The van der Waals surface area contributed by atoms with Crippen LogP contribution in [0.3, 0.4) is 0 Å². The fourth-order valence-corrected chi connectivity index (χ4v) is 3.59. The Kier molecular flexibility index (Phi) is 3.52. The van der Waals surface area contributed by atoms with Gasteiger partial charge in [0, 0.05) is 5.69 Å². The Balaban J connectivity index is 2.15. The molecule has 2 N–H and O–H groups in total. The van der Waals surface area contributed by atoms with Crippen LogP contribution in [0.1, 0.15) is 56.1 Å². The maximum Gasteiger partial charge on any atom is 0.0317 e. The molecule has 1 nitrogen and oxygen atoms in total. The number of hydrogen-bond donors (Lipinski definition) is 1. The molecule has 0 spiro atoms. The second-order valence-corrected chi connectivity index (χ2v) is 5.97. The Bertz CT molecular complexity index is 615. The van der Waals surface area contributed by atoms with E-state index in [9.17, 15) is 0 Å². The highest BCUT2D eigenvalue weighted by Crippen LogP contribution is 2.48. The number of benzene rings is 2. The summed E-state index contributed by atoms with van der Waals surface area (Å²) in [6, 6.07) is 15.3. The van der Waals surface area contributed by atoms with Crippen molar-refractivity contribution in [2.75, 3.05) is 5.73 Å². The van der Waals surface area contributed by atoms with Gasteiger partial charge in [-0.05, 0) is 52.6 Å². The van der Waals surface area contributed by atoms with E-state index in [0.717, 1.165) is 5.69 Å². The summed E-state index contributed by atoms with van der Waals surface area (Å²) >= 11 is 0. The maximum atomic E-state index is 6.04. The highest BCUT2D eigenvalue weighted by Gasteiger charge is 2.30. The highest BCUT2D eigenvalue weighted by atomic mass is 14.5. The fraction of sp³-hybridized carbons (Fsp3) is 0.368. The van der Waals surface area contributed by atoms with Crippen molar-refractivity contribution in [3.05, 3.63) is 53.6 Å². The summed E-state index contributed by atoms with van der Waals surface area (Å²) in [6.45, 7) is 4.63. The standard InChI is InChI=1S/C19H23N/c1-3-4-7-16-13(2)15-8-5-6-9-17(15)18-11-10-14(20)12-19(16)18/h5-6,8-13,16H,3-4,7,20H2,1-2H3. The van der Waals surface area contributed by atoms with E-state index >= 15 is 0 Å². The quantitative estimate of drug-likeness (QED) is 0.746. The van der Waals surface area contributed by atoms with Crippen LogP contribution in [0, 0.1) is 0 Å². The Hall–Kier alpha value is -1.76. The van der Waals surface area contributed by atoms with Gasteiger partial charge in [0.15, 0.2) is 0 Å². The van der Waals surface area contributed by atoms with E-state index in [1.165, 1.54) is 41.5 Å². The minimum absolute atomic E-state index is 0.576. The van der Waals surface area contributed by atoms with Crippen LogP contribution >= 0.6 is 0 Å². The van der Waals surface area contributed by atoms with Crippen molar-refractivity contribution in [1.29, 1.82) is 0 Å². The van der Waals surface area contributed by atoms with E-state index in [4.69, 9.17) is 5.73 Å². The summed E-state index contributed by atoms with van der Waals surface area (Å²) in [5.74, 6) is 1.18. The first-order valence-corrected chi connectivity index (χ1v) is 7.71. The van der Waals surface area contributed by atoms with Gasteiger partial charge in [0.2, 0.25) is 0 Å². The Morgan fingerprint density at radius 3 is 2.55 bits per heavy atom. The molecule has 2 aromatic carbocycles. The molecule has 1 heteroatoms. The second kappa shape index (κ2) is 5.32. The van der Waals surface area contributed by atoms with Gasteiger partial charge >= 0.3 is 0 Å². The zero-order valence-electron chi connectivity index (χ0n) is 12.4. The highest BCUT2D eigenvalue weighted by molar-refractivity contribution is 5.76. The lowest BCUT2D eigenvalue weighted by atomic mass is 9.70. The Morgan fingerprint density at radius 2 is 1.75 bits per heavy atom. The lowest BCUT2D eigenvalue weighted by molar-refractivity contribution is 0.508. The Morgan fingerprint density at radius 1 is 1.00 bits per heavy atom. The molecule has 0 aromatic heterocycles. The summed E-state index contributed by atoms with van der Waals surface area (Å²) in [6.07, 6.45) is 3.79. The third kappa shape index (κ3) is 2.11. The molecule has 0 amide bonds. The molecule has 2 unspecified atom stereocenters. The SMILES string of the molecule is CCCCC1c2cc(N)ccc2-c2ccccc2C1C. The van der Waals surface area contributed by atoms with Crippen LogP contribution in [0.4, 0.5) is 5.69 Å². The van der Waals surface area contributed by atoms with Gasteiger partial charge in [-0.3, -0.25) is 0 Å². The molecule has 2 aromatic rings. The molecule has 0 heterocycles. The average molecular weight is 265 g/mol. The molecule has 0 saturated heterocycles. The van der Waals surface area contributed by atoms with Crippen LogP contribution in [-0.2, 0) is 0 Å². The number of unbranched alkanes of at least 4 members (excludes halogenated alkanes) is 1. The molecular weight excluding hydrogens is 242 g/mol. The average Bonchev–Trinajstić information content (AvgIpc) is 2.47. The predicted octanol–water partition coefficient (Wildman–Crippen LogP) is 5.33. The van der Waals surface area contributed by atoms with Crippen LogP contribution in [0.15, 0.2) is 42.5 Å². The lowest BCUT2D eigenvalue weighted by Gasteiger charge is -2.34. The monoisotopic (exact) mass is 265 g/mol. The van der Waals surface area contributed by atoms with Crippen LogP contribution in [0.2, 0.25) is 0 Å². The van der Waals surface area contributed by atoms with Gasteiger partial charge < -0.3 is 5.73 Å². The number of fused-ring (bicyclic) bond motifs is 3. The van der Waals surface area contributed by atoms with Crippen molar-refractivity contribution in [1.82, 2.24) is 0 Å². The summed E-state index contributed by atoms with van der Waals surface area (Å²) in [4.78, 5) is 0. The van der Waals surface area contributed by atoms with E-state index in [1.54, 1.807) is 0 Å². The summed E-state index contributed by atoms with van der Waals surface area (Å²) < 4.78 is 0. The van der Waals surface area contributed by atoms with E-state index < -0.39 is 0 Å². The summed E-state index contributed by atoms with van der Waals surface area (Å²) in [5.41, 5.74) is 12.6. The molecular formula is C19H23N. The number of anilines is 1. The molecule has 1 aliphatic carbocycles. The van der Waals surface area contributed by atoms with Crippen molar-refractivity contribution >= 4 is 5.69 Å². The molecule has 0 radical (unpaired) electrons. The third-order valence-corrected chi connectivity index (χ3v) is 4.69. The van der Waals surface area contributed by atoms with Crippen LogP contribution in [0.5, 0.6) is 0 Å². The number of hydrogen-bond acceptors (Lipinski definition) is 1. The van der Waals surface area contributed by atoms with Gasteiger partial charge in [0.1, 0.15) is 0 Å². The molecule has 2 atom stereocenters. The zero-order valence-corrected chi connectivity index (χ0v) is 12.4. The van der Waals surface area contributed by atoms with Crippen molar-refractivity contribution in [3.63, 3.8) is 0 Å². The molecule has 0 fully saturated rings. The van der Waals surface area contributed by atoms with Crippen molar-refractivity contribution in [2.24, 2.45) is 0 Å². The number of rotatable bonds is 3. The molecule has 104 valence electrons. The molecule has 0 aliphatic heterocycles. The maximum absolute atomic E-state index is 6.04. The smallest absolute Gasteiger partial charge is 0.0317 e. The van der Waals surface area contributed by atoms with E-state index in [1.807, 2.05) is 6.07 Å². The fourth-order valence-electron chi connectivity index (χ4n) is 3.59. The summed E-state index contributed by atoms with van der Waals surface area (Å²) in [7, 11) is 0. The van der Waals surface area contributed by atoms with Crippen LogP contribution < -0.4 is 5.73 Å². The van der Waals surface area contributed by atoms with Gasteiger partial charge in [-0.1, -0.05) is 57.0 Å². The minimum atomic E-state index is 0.576. The molecule has 1 aliphatic rings. The van der Waals surface area contributed by atoms with E-state index in [-0.39, 0.29) is 0 Å². The molecule has 0 bridgehead atoms. The van der Waals surface area contributed by atoms with Crippen molar-refractivity contribution in [3.8, 4) is 11.1 Å². The number of nitrogens with two attached hydrogens (primary N) is 1. The van der Waals surface area contributed by atoms with E-state index in [0.29, 0.717) is 11.8 Å². The predicted molar refractivity (Wildman–Crippen MR) is 87.0 cm³/mol. The molecule has 3 rings (SSSR count). The first-order valence-electron chi connectivity index (χ1n) is 7.71. The second-order valence-electron chi connectivity index (χ2n) is 5.97. The zero-order chi connectivity index (χ0) is 14.1. The normalized spacial score (nSPS) is 20.3. The van der Waals surface area contributed by atoms with Crippen molar-refractivity contribution < 1.29 is 0 Å². The van der Waals surface area contributed by atoms with Crippen LogP contribution in [-0.4, -0.2) is 0 Å².